The van der Waals surface area contributed by atoms with Crippen LogP contribution in [0.2, 0.25) is 0 Å². The van der Waals surface area contributed by atoms with E-state index in [9.17, 15) is 0 Å². The number of nitrogens with two attached hydrogens (primary N) is 1. The van der Waals surface area contributed by atoms with E-state index in [1.807, 2.05) is 18.7 Å². The molecule has 10 heavy (non-hydrogen) atoms. The van der Waals surface area contributed by atoms with Gasteiger partial charge < -0.3 is 10.5 Å². The highest BCUT2D eigenvalue weighted by Gasteiger charge is 2.38. The third-order valence-corrected chi connectivity index (χ3v) is 3.14. The largest absolute Gasteiger partial charge is 0.377 e. The molecule has 3 atom stereocenters. The zero-order valence-electron chi connectivity index (χ0n) is 6.54. The highest BCUT2D eigenvalue weighted by atomic mass is 32.2. The summed E-state index contributed by atoms with van der Waals surface area (Å²) in [5, 5.41) is 0.542. The fourth-order valence-electron chi connectivity index (χ4n) is 1.32. The SMILES string of the molecule is CCO[C@@H]1C[C@H](N)[C@H]1SC. The summed E-state index contributed by atoms with van der Waals surface area (Å²) in [5.74, 6) is 0. The van der Waals surface area contributed by atoms with Crippen molar-refractivity contribution in [1.82, 2.24) is 0 Å². The number of ether oxygens (including phenoxy) is 1. The van der Waals surface area contributed by atoms with Gasteiger partial charge in [0.1, 0.15) is 0 Å². The van der Waals surface area contributed by atoms with E-state index in [4.69, 9.17) is 10.5 Å². The molecule has 0 aromatic heterocycles. The minimum atomic E-state index is 0.367. The molecule has 0 radical (unpaired) electrons. The Hall–Kier alpha value is 0.270. The zero-order chi connectivity index (χ0) is 7.56. The Kier molecular flexibility index (Phi) is 3.01. The van der Waals surface area contributed by atoms with E-state index in [0.29, 0.717) is 17.4 Å². The molecule has 0 heterocycles. The Labute approximate surface area is 66.5 Å². The normalized spacial score (nSPS) is 39.3. The Balaban J connectivity index is 2.23. The third-order valence-electron chi connectivity index (χ3n) is 1.95. The van der Waals surface area contributed by atoms with Crippen LogP contribution in [0.15, 0.2) is 0 Å². The van der Waals surface area contributed by atoms with Crippen LogP contribution in [-0.4, -0.2) is 30.3 Å². The van der Waals surface area contributed by atoms with Gasteiger partial charge in [0.15, 0.2) is 0 Å². The summed E-state index contributed by atoms with van der Waals surface area (Å²) >= 11 is 1.82. The van der Waals surface area contributed by atoms with Crippen molar-refractivity contribution in [2.75, 3.05) is 12.9 Å². The van der Waals surface area contributed by atoms with Gasteiger partial charge in [-0.2, -0.15) is 11.8 Å². The monoisotopic (exact) mass is 161 g/mol. The first-order valence-corrected chi connectivity index (χ1v) is 4.98. The van der Waals surface area contributed by atoms with Crippen LogP contribution in [0.1, 0.15) is 13.3 Å². The summed E-state index contributed by atoms with van der Waals surface area (Å²) in [4.78, 5) is 0. The highest BCUT2D eigenvalue weighted by Crippen LogP contribution is 2.31. The average Bonchev–Trinajstić information content (AvgIpc) is 1.88. The van der Waals surface area contributed by atoms with Crippen molar-refractivity contribution in [2.24, 2.45) is 5.73 Å². The second-order valence-corrected chi connectivity index (χ2v) is 3.61. The van der Waals surface area contributed by atoms with Gasteiger partial charge in [-0.3, -0.25) is 0 Å². The summed E-state index contributed by atoms with van der Waals surface area (Å²) in [7, 11) is 0. The molecule has 0 aromatic rings. The molecule has 0 spiro atoms. The van der Waals surface area contributed by atoms with Crippen molar-refractivity contribution < 1.29 is 4.74 Å². The Bertz CT molecular complexity index is 108. The number of rotatable bonds is 3. The summed E-state index contributed by atoms with van der Waals surface area (Å²) in [6.45, 7) is 2.84. The molecule has 60 valence electrons. The topological polar surface area (TPSA) is 35.2 Å². The molecule has 0 unspecified atom stereocenters. The molecule has 1 aliphatic rings. The van der Waals surface area contributed by atoms with Gasteiger partial charge in [0.05, 0.1) is 6.10 Å². The molecule has 0 bridgehead atoms. The first kappa shape index (κ1) is 8.37. The molecule has 0 aromatic carbocycles. The molecule has 1 fully saturated rings. The van der Waals surface area contributed by atoms with Crippen molar-refractivity contribution in [3.63, 3.8) is 0 Å². The van der Waals surface area contributed by atoms with Crippen LogP contribution >= 0.6 is 11.8 Å². The van der Waals surface area contributed by atoms with Crippen LogP contribution in [-0.2, 0) is 4.74 Å². The number of hydrogen-bond donors (Lipinski definition) is 1. The van der Waals surface area contributed by atoms with Gasteiger partial charge in [-0.25, -0.2) is 0 Å². The van der Waals surface area contributed by atoms with E-state index in [-0.39, 0.29) is 0 Å². The molecule has 0 aliphatic heterocycles. The smallest absolute Gasteiger partial charge is 0.0723 e. The molecular weight excluding hydrogens is 146 g/mol. The molecule has 1 aliphatic carbocycles. The lowest BCUT2D eigenvalue weighted by molar-refractivity contribution is 0.00541. The van der Waals surface area contributed by atoms with Crippen LogP contribution in [0.3, 0.4) is 0 Å². The predicted molar refractivity (Wildman–Crippen MR) is 45.3 cm³/mol. The molecule has 0 saturated heterocycles. The lowest BCUT2D eigenvalue weighted by Gasteiger charge is -2.40. The summed E-state index contributed by atoms with van der Waals surface area (Å²) in [6.07, 6.45) is 3.56. The van der Waals surface area contributed by atoms with Gasteiger partial charge in [0.2, 0.25) is 0 Å². The maximum absolute atomic E-state index is 5.75. The standard InChI is InChI=1S/C7H15NOS/c1-3-9-6-4-5(8)7(6)10-2/h5-7H,3-4,8H2,1-2H3/t5-,6+,7+/m0/s1. The van der Waals surface area contributed by atoms with Crippen LogP contribution in [0.25, 0.3) is 0 Å². The third kappa shape index (κ3) is 1.47. The van der Waals surface area contributed by atoms with E-state index in [2.05, 4.69) is 6.26 Å². The van der Waals surface area contributed by atoms with E-state index in [1.165, 1.54) is 0 Å². The van der Waals surface area contributed by atoms with Gasteiger partial charge in [-0.05, 0) is 19.6 Å². The average molecular weight is 161 g/mol. The quantitative estimate of drug-likeness (QED) is 0.666. The predicted octanol–water partition coefficient (Wildman–Crippen LogP) is 0.854. The van der Waals surface area contributed by atoms with E-state index in [1.54, 1.807) is 0 Å². The van der Waals surface area contributed by atoms with Crippen molar-refractivity contribution in [3.05, 3.63) is 0 Å². The summed E-state index contributed by atoms with van der Waals surface area (Å²) < 4.78 is 5.45. The van der Waals surface area contributed by atoms with Crippen molar-refractivity contribution >= 4 is 11.8 Å². The van der Waals surface area contributed by atoms with Crippen molar-refractivity contribution in [3.8, 4) is 0 Å². The lowest BCUT2D eigenvalue weighted by Crippen LogP contribution is -2.54. The van der Waals surface area contributed by atoms with Crippen LogP contribution in [0.4, 0.5) is 0 Å². The van der Waals surface area contributed by atoms with Gasteiger partial charge in [0, 0.05) is 17.9 Å². The van der Waals surface area contributed by atoms with Gasteiger partial charge in [-0.1, -0.05) is 0 Å². The first-order chi connectivity index (χ1) is 4.79. The van der Waals surface area contributed by atoms with E-state index >= 15 is 0 Å². The molecule has 0 amide bonds. The molecule has 1 rings (SSSR count). The van der Waals surface area contributed by atoms with Crippen LogP contribution in [0.5, 0.6) is 0 Å². The van der Waals surface area contributed by atoms with Gasteiger partial charge in [0.25, 0.3) is 0 Å². The maximum atomic E-state index is 5.75. The Morgan fingerprint density at radius 1 is 1.70 bits per heavy atom. The zero-order valence-corrected chi connectivity index (χ0v) is 7.36. The minimum absolute atomic E-state index is 0.367. The Morgan fingerprint density at radius 3 is 2.80 bits per heavy atom. The second kappa shape index (κ2) is 3.60. The Morgan fingerprint density at radius 2 is 2.40 bits per heavy atom. The molecule has 1 saturated carbocycles. The van der Waals surface area contributed by atoms with Gasteiger partial charge >= 0.3 is 0 Å². The lowest BCUT2D eigenvalue weighted by atomic mass is 9.89. The van der Waals surface area contributed by atoms with Crippen LogP contribution < -0.4 is 5.73 Å². The molecule has 3 heteroatoms. The minimum Gasteiger partial charge on any atom is -0.377 e. The molecular formula is C7H15NOS. The van der Waals surface area contributed by atoms with Crippen LogP contribution in [0, 0.1) is 0 Å². The summed E-state index contributed by atoms with van der Waals surface area (Å²) in [5.41, 5.74) is 5.75. The van der Waals surface area contributed by atoms with E-state index < -0.39 is 0 Å². The van der Waals surface area contributed by atoms with Crippen molar-refractivity contribution in [1.29, 1.82) is 0 Å². The van der Waals surface area contributed by atoms with Gasteiger partial charge in [-0.15, -0.1) is 0 Å². The summed E-state index contributed by atoms with van der Waals surface area (Å²) in [6, 6.07) is 0.367. The molecule has 2 N–H and O–H groups in total. The van der Waals surface area contributed by atoms with E-state index in [0.717, 1.165) is 13.0 Å². The first-order valence-electron chi connectivity index (χ1n) is 3.69. The second-order valence-electron chi connectivity index (χ2n) is 2.59. The number of hydrogen-bond acceptors (Lipinski definition) is 3. The van der Waals surface area contributed by atoms with Crippen molar-refractivity contribution in [2.45, 2.75) is 30.7 Å². The maximum Gasteiger partial charge on any atom is 0.0723 e. The number of thioether (sulfide) groups is 1. The fourth-order valence-corrected chi connectivity index (χ4v) is 2.27. The highest BCUT2D eigenvalue weighted by molar-refractivity contribution is 7.99. The fraction of sp³-hybridized carbons (Fsp3) is 1.00. The molecule has 2 nitrogen and oxygen atoms in total.